The first-order valence-corrected chi connectivity index (χ1v) is 18.9. The molecule has 2 amide bonds. The largest absolute Gasteiger partial charge is 0.480 e. The monoisotopic (exact) mass is 670 g/mol. The number of aliphatic hydroxyl groups is 1. The smallest absolute Gasteiger partial charge is 0.322 e. The van der Waals surface area contributed by atoms with E-state index in [4.69, 9.17) is 5.11 Å². The minimum Gasteiger partial charge on any atom is -0.480 e. The van der Waals surface area contributed by atoms with Crippen LogP contribution in [0.15, 0.2) is 24.1 Å². The van der Waals surface area contributed by atoms with Gasteiger partial charge < -0.3 is 20.8 Å². The quantitative estimate of drug-likeness (QED) is 0.102. The summed E-state index contributed by atoms with van der Waals surface area (Å²) in [7, 11) is 0. The van der Waals surface area contributed by atoms with Gasteiger partial charge in [-0.25, -0.2) is 4.39 Å². The standard InChI is InChI=1S/C40H63FN2O5/c1-25(2)26-15-20-40(35(48)42-23-11-9-8-10-12-28(41)34(47)43-24-32(45)46)22-21-38(6)27(33(26)40)13-14-30-37(5)18-17-31(44)36(3,4)29(37)16-19-39(30,38)7/h12,26-27,29-31,33,44H,1,8-11,13-24H2,2-7H3,(H,42,48)(H,43,47)(H,45,46)/b28-12+/t26-,27+,29-,30+,31-,33+,37-,38+,39+,40-/m0/s1. The van der Waals surface area contributed by atoms with Gasteiger partial charge in [-0.2, -0.15) is 0 Å². The molecule has 0 aromatic carbocycles. The Bertz CT molecular complexity index is 1310. The van der Waals surface area contributed by atoms with Crippen LogP contribution in [-0.2, 0) is 14.4 Å². The lowest BCUT2D eigenvalue weighted by Crippen LogP contribution is -2.67. The van der Waals surface area contributed by atoms with Gasteiger partial charge in [0, 0.05) is 6.54 Å². The molecular weight excluding hydrogens is 607 g/mol. The van der Waals surface area contributed by atoms with Crippen LogP contribution in [0.4, 0.5) is 4.39 Å². The molecule has 270 valence electrons. The zero-order chi connectivity index (χ0) is 35.3. The van der Waals surface area contributed by atoms with Crippen molar-refractivity contribution < 1.29 is 29.0 Å². The van der Waals surface area contributed by atoms with Crippen molar-refractivity contribution in [1.29, 1.82) is 0 Å². The lowest BCUT2D eigenvalue weighted by atomic mass is 9.32. The number of aliphatic hydroxyl groups excluding tert-OH is 1. The molecule has 48 heavy (non-hydrogen) atoms. The number of hydrogen-bond acceptors (Lipinski definition) is 4. The first kappa shape index (κ1) is 37.0. The van der Waals surface area contributed by atoms with Crippen molar-refractivity contribution in [2.75, 3.05) is 13.1 Å². The molecule has 5 rings (SSSR count). The van der Waals surface area contributed by atoms with Crippen LogP contribution in [0.2, 0.25) is 0 Å². The highest BCUT2D eigenvalue weighted by Gasteiger charge is 2.71. The second-order valence-electron chi connectivity index (χ2n) is 18.0. The molecule has 5 aliphatic rings. The zero-order valence-corrected chi connectivity index (χ0v) is 30.6. The van der Waals surface area contributed by atoms with Gasteiger partial charge in [-0.1, -0.05) is 53.2 Å². The Labute approximate surface area is 288 Å². The molecule has 5 saturated carbocycles. The van der Waals surface area contributed by atoms with Crippen LogP contribution in [0.25, 0.3) is 0 Å². The van der Waals surface area contributed by atoms with Crippen molar-refractivity contribution in [3.8, 4) is 0 Å². The number of carboxylic acid groups (broad SMARTS) is 1. The van der Waals surface area contributed by atoms with E-state index in [-0.39, 0.29) is 39.1 Å². The van der Waals surface area contributed by atoms with E-state index in [9.17, 15) is 23.9 Å². The van der Waals surface area contributed by atoms with Crippen molar-refractivity contribution >= 4 is 17.8 Å². The van der Waals surface area contributed by atoms with Gasteiger partial charge >= 0.3 is 5.97 Å². The number of allylic oxidation sites excluding steroid dienone is 2. The molecule has 5 fully saturated rings. The predicted molar refractivity (Wildman–Crippen MR) is 186 cm³/mol. The summed E-state index contributed by atoms with van der Waals surface area (Å²) in [6.45, 7) is 19.0. The van der Waals surface area contributed by atoms with E-state index in [1.165, 1.54) is 37.3 Å². The molecule has 4 N–H and O–H groups in total. The first-order valence-electron chi connectivity index (χ1n) is 18.9. The van der Waals surface area contributed by atoms with Crippen LogP contribution < -0.4 is 10.6 Å². The first-order chi connectivity index (χ1) is 22.5. The van der Waals surface area contributed by atoms with E-state index < -0.39 is 24.2 Å². The second kappa shape index (κ2) is 13.5. The number of rotatable bonds is 11. The van der Waals surface area contributed by atoms with E-state index in [2.05, 4.69) is 53.4 Å². The topological polar surface area (TPSA) is 116 Å². The van der Waals surface area contributed by atoms with Gasteiger partial charge in [-0.05, 0) is 148 Å². The van der Waals surface area contributed by atoms with E-state index in [1.807, 2.05) is 5.32 Å². The third-order valence-corrected chi connectivity index (χ3v) is 15.6. The van der Waals surface area contributed by atoms with Crippen molar-refractivity contribution in [2.24, 2.45) is 56.7 Å². The number of nitrogens with one attached hydrogen (secondary N) is 2. The molecule has 0 aliphatic heterocycles. The van der Waals surface area contributed by atoms with E-state index in [0.29, 0.717) is 49.0 Å². The normalized spacial score (nSPS) is 41.6. The molecule has 0 aromatic heterocycles. The minimum absolute atomic E-state index is 0.0604. The maximum absolute atomic E-state index is 14.3. The Morgan fingerprint density at radius 1 is 0.854 bits per heavy atom. The summed E-state index contributed by atoms with van der Waals surface area (Å²) in [5, 5.41) is 25.1. The van der Waals surface area contributed by atoms with Gasteiger partial charge in [0.05, 0.1) is 11.5 Å². The summed E-state index contributed by atoms with van der Waals surface area (Å²) in [5.74, 6) is -0.647. The lowest BCUT2D eigenvalue weighted by Gasteiger charge is -2.72. The molecule has 0 bridgehead atoms. The highest BCUT2D eigenvalue weighted by Crippen LogP contribution is 2.77. The van der Waals surface area contributed by atoms with Crippen LogP contribution in [0.5, 0.6) is 0 Å². The van der Waals surface area contributed by atoms with Gasteiger partial charge in [-0.3, -0.25) is 14.4 Å². The number of carbonyl (C=O) groups is 3. The van der Waals surface area contributed by atoms with Gasteiger partial charge in [-0.15, -0.1) is 0 Å². The van der Waals surface area contributed by atoms with E-state index >= 15 is 0 Å². The maximum atomic E-state index is 14.3. The fraction of sp³-hybridized carbons (Fsp3) is 0.825. The molecule has 0 radical (unpaired) electrons. The molecule has 0 unspecified atom stereocenters. The van der Waals surface area contributed by atoms with Crippen LogP contribution in [-0.4, -0.2) is 47.2 Å². The van der Waals surface area contributed by atoms with Crippen LogP contribution >= 0.6 is 0 Å². The Morgan fingerprint density at radius 3 is 2.27 bits per heavy atom. The molecule has 10 atom stereocenters. The molecule has 5 aliphatic carbocycles. The summed E-state index contributed by atoms with van der Waals surface area (Å²) in [6.07, 6.45) is 14.4. The Balaban J connectivity index is 1.25. The number of amides is 2. The number of fused-ring (bicyclic) bond motifs is 7. The molecule has 7 nitrogen and oxygen atoms in total. The zero-order valence-electron chi connectivity index (χ0n) is 30.6. The van der Waals surface area contributed by atoms with Crippen LogP contribution in [0, 0.1) is 56.7 Å². The summed E-state index contributed by atoms with van der Waals surface area (Å²) in [6, 6.07) is 0. The number of hydrogen-bond donors (Lipinski definition) is 4. The Kier molecular flexibility index (Phi) is 10.4. The molecule has 8 heteroatoms. The molecule has 0 aromatic rings. The van der Waals surface area contributed by atoms with Gasteiger partial charge in [0.2, 0.25) is 5.91 Å². The number of carbonyl (C=O) groups excluding carboxylic acids is 2. The summed E-state index contributed by atoms with van der Waals surface area (Å²) in [4.78, 5) is 36.5. The highest BCUT2D eigenvalue weighted by atomic mass is 19.1. The highest BCUT2D eigenvalue weighted by molar-refractivity contribution is 5.93. The number of unbranched alkanes of at least 4 members (excludes halogenated alkanes) is 3. The van der Waals surface area contributed by atoms with Crippen molar-refractivity contribution in [3.05, 3.63) is 24.1 Å². The molecule has 0 saturated heterocycles. The number of halogens is 1. The summed E-state index contributed by atoms with van der Waals surface area (Å²) >= 11 is 0. The Morgan fingerprint density at radius 2 is 1.58 bits per heavy atom. The molecular formula is C40H63FN2O5. The number of carboxylic acids is 1. The molecule has 0 spiro atoms. The van der Waals surface area contributed by atoms with Crippen molar-refractivity contribution in [1.82, 2.24) is 10.6 Å². The lowest BCUT2D eigenvalue weighted by molar-refractivity contribution is -0.246. The van der Waals surface area contributed by atoms with Gasteiger partial charge in [0.1, 0.15) is 6.54 Å². The number of aliphatic carboxylic acids is 1. The van der Waals surface area contributed by atoms with Gasteiger partial charge in [0.15, 0.2) is 5.83 Å². The van der Waals surface area contributed by atoms with E-state index in [1.54, 1.807) is 0 Å². The van der Waals surface area contributed by atoms with Crippen molar-refractivity contribution in [3.63, 3.8) is 0 Å². The third kappa shape index (κ3) is 5.98. The van der Waals surface area contributed by atoms with Crippen molar-refractivity contribution in [2.45, 2.75) is 138 Å². The third-order valence-electron chi connectivity index (χ3n) is 15.6. The van der Waals surface area contributed by atoms with Gasteiger partial charge in [0.25, 0.3) is 5.91 Å². The fourth-order valence-electron chi connectivity index (χ4n) is 12.9. The average molecular weight is 671 g/mol. The molecule has 0 heterocycles. The van der Waals surface area contributed by atoms with E-state index in [0.717, 1.165) is 51.4 Å². The van der Waals surface area contributed by atoms with Crippen LogP contribution in [0.1, 0.15) is 131 Å². The summed E-state index contributed by atoms with van der Waals surface area (Å²) < 4.78 is 13.9. The fourth-order valence-corrected chi connectivity index (χ4v) is 12.9. The second-order valence-corrected chi connectivity index (χ2v) is 18.0. The van der Waals surface area contributed by atoms with Crippen LogP contribution in [0.3, 0.4) is 0 Å². The SMILES string of the molecule is C=C(C)[C@@H]1CC[C@]2(C(=O)NCCCCC/C=C(/F)C(=O)NCC(=O)O)CC[C@]3(C)[C@H](CC[C@@H]4[C@@]5(C)CC[C@H](O)C(C)(C)[C@@H]5CC[C@]43C)[C@@H]12. The average Bonchev–Trinajstić information content (AvgIpc) is 3.43. The maximum Gasteiger partial charge on any atom is 0.322 e. The predicted octanol–water partition coefficient (Wildman–Crippen LogP) is 7.74. The minimum atomic E-state index is -1.22. The Hall–Kier alpha value is -2.22. The summed E-state index contributed by atoms with van der Waals surface area (Å²) in [5.41, 5.74) is 1.40.